The number of aromatic nitrogens is 1. The summed E-state index contributed by atoms with van der Waals surface area (Å²) < 4.78 is 28.9. The van der Waals surface area contributed by atoms with E-state index in [1.807, 2.05) is 0 Å². The number of rotatable bonds is 8. The summed E-state index contributed by atoms with van der Waals surface area (Å²) in [4.78, 5) is 6.09. The van der Waals surface area contributed by atoms with E-state index in [-0.39, 0.29) is 0 Å². The highest BCUT2D eigenvalue weighted by atomic mass is 32.1. The van der Waals surface area contributed by atoms with E-state index in [0.717, 1.165) is 24.5 Å². The van der Waals surface area contributed by atoms with E-state index in [2.05, 4.69) is 12.2 Å². The van der Waals surface area contributed by atoms with E-state index in [9.17, 15) is 8.78 Å². The molecular formula is C14H22F2N2OS. The number of halogens is 2. The molecule has 1 aliphatic carbocycles. The number of hydrogen-bond acceptors (Lipinski definition) is 4. The topological polar surface area (TPSA) is 34.1 Å². The quantitative estimate of drug-likeness (QED) is 0.750. The summed E-state index contributed by atoms with van der Waals surface area (Å²) in [5.74, 6) is 0.505. The lowest BCUT2D eigenvalue weighted by Crippen LogP contribution is -2.24. The normalized spacial score (nSPS) is 18.5. The number of nitrogens with one attached hydrogen (secondary N) is 1. The minimum absolute atomic E-state index is 0.328. The van der Waals surface area contributed by atoms with Crippen LogP contribution in [-0.2, 0) is 17.6 Å². The number of fused-ring (bicyclic) bond motifs is 1. The second-order valence-corrected chi connectivity index (χ2v) is 6.20. The van der Waals surface area contributed by atoms with Crippen molar-refractivity contribution in [2.75, 3.05) is 26.3 Å². The number of thiazole rings is 1. The zero-order chi connectivity index (χ0) is 14.4. The summed E-state index contributed by atoms with van der Waals surface area (Å²) in [7, 11) is 0. The number of ether oxygens (including phenoxy) is 1. The molecule has 0 spiro atoms. The van der Waals surface area contributed by atoms with Gasteiger partial charge in [0.2, 0.25) is 0 Å². The molecule has 1 aromatic heterocycles. The van der Waals surface area contributed by atoms with Gasteiger partial charge in [0.05, 0.1) is 17.3 Å². The van der Waals surface area contributed by atoms with Crippen molar-refractivity contribution in [1.29, 1.82) is 0 Å². The van der Waals surface area contributed by atoms with Gasteiger partial charge in [-0.15, -0.1) is 11.3 Å². The van der Waals surface area contributed by atoms with Gasteiger partial charge in [-0.25, -0.2) is 13.8 Å². The Morgan fingerprint density at radius 3 is 3.10 bits per heavy atom. The van der Waals surface area contributed by atoms with Gasteiger partial charge in [0.25, 0.3) is 6.43 Å². The van der Waals surface area contributed by atoms with Crippen LogP contribution in [0.2, 0.25) is 0 Å². The van der Waals surface area contributed by atoms with Crippen molar-refractivity contribution < 1.29 is 13.5 Å². The lowest BCUT2D eigenvalue weighted by molar-refractivity contribution is 0.0187. The molecule has 0 aliphatic heterocycles. The fourth-order valence-corrected chi connectivity index (χ4v) is 3.69. The van der Waals surface area contributed by atoms with Crippen LogP contribution in [0.5, 0.6) is 0 Å². The minimum atomic E-state index is -2.39. The molecule has 0 aromatic carbocycles. The van der Waals surface area contributed by atoms with E-state index in [1.54, 1.807) is 11.3 Å². The van der Waals surface area contributed by atoms with Crippen molar-refractivity contribution in [3.63, 3.8) is 0 Å². The van der Waals surface area contributed by atoms with Crippen LogP contribution in [0, 0.1) is 0 Å². The molecule has 1 aromatic rings. The molecule has 114 valence electrons. The van der Waals surface area contributed by atoms with Crippen LogP contribution in [-0.4, -0.2) is 37.7 Å². The standard InChI is InChI=1S/C14H22F2N2OS/c1-2-17-8-10-4-3-5-11-14(10)18-13(20-11)6-7-19-9-12(15)16/h10,12,17H,2-9H2,1H3. The fourth-order valence-electron chi connectivity index (χ4n) is 2.51. The Balaban J connectivity index is 1.88. The molecule has 1 aliphatic rings. The van der Waals surface area contributed by atoms with E-state index >= 15 is 0 Å². The number of likely N-dealkylation sites (N-methyl/N-ethyl adjacent to an activating group) is 1. The first-order valence-electron chi connectivity index (χ1n) is 7.25. The Morgan fingerprint density at radius 2 is 2.35 bits per heavy atom. The van der Waals surface area contributed by atoms with Crippen LogP contribution in [0.3, 0.4) is 0 Å². The second-order valence-electron chi connectivity index (χ2n) is 5.03. The van der Waals surface area contributed by atoms with E-state index in [4.69, 9.17) is 9.72 Å². The number of nitrogens with zero attached hydrogens (tertiary/aromatic N) is 1. The van der Waals surface area contributed by atoms with Gasteiger partial charge in [0.15, 0.2) is 0 Å². The zero-order valence-electron chi connectivity index (χ0n) is 11.8. The lowest BCUT2D eigenvalue weighted by atomic mass is 9.91. The predicted molar refractivity (Wildman–Crippen MR) is 76.9 cm³/mol. The summed E-state index contributed by atoms with van der Waals surface area (Å²) in [6.45, 7) is 3.91. The number of aryl methyl sites for hydroxylation is 1. The first-order valence-corrected chi connectivity index (χ1v) is 8.07. The average Bonchev–Trinajstić information content (AvgIpc) is 2.84. The molecule has 1 unspecified atom stereocenters. The molecule has 0 saturated heterocycles. The zero-order valence-corrected chi connectivity index (χ0v) is 12.6. The lowest BCUT2D eigenvalue weighted by Gasteiger charge is -2.21. The van der Waals surface area contributed by atoms with Crippen molar-refractivity contribution in [3.8, 4) is 0 Å². The van der Waals surface area contributed by atoms with Crippen LogP contribution in [0.25, 0.3) is 0 Å². The Hall–Kier alpha value is -0.590. The van der Waals surface area contributed by atoms with Crippen LogP contribution in [0.4, 0.5) is 8.78 Å². The first-order chi connectivity index (χ1) is 9.70. The highest BCUT2D eigenvalue weighted by Crippen LogP contribution is 2.34. The molecule has 0 saturated carbocycles. The van der Waals surface area contributed by atoms with Crippen LogP contribution in [0.15, 0.2) is 0 Å². The highest BCUT2D eigenvalue weighted by molar-refractivity contribution is 7.11. The maximum absolute atomic E-state index is 12.0. The van der Waals surface area contributed by atoms with E-state index in [1.165, 1.54) is 23.4 Å². The van der Waals surface area contributed by atoms with Gasteiger partial charge in [0.1, 0.15) is 6.61 Å². The van der Waals surface area contributed by atoms with Crippen molar-refractivity contribution in [1.82, 2.24) is 10.3 Å². The molecule has 1 N–H and O–H groups in total. The minimum Gasteiger partial charge on any atom is -0.375 e. The maximum atomic E-state index is 12.0. The molecule has 3 nitrogen and oxygen atoms in total. The third kappa shape index (κ3) is 4.46. The molecule has 0 amide bonds. The van der Waals surface area contributed by atoms with E-state index in [0.29, 0.717) is 18.9 Å². The third-order valence-corrected chi connectivity index (χ3v) is 4.65. The Labute approximate surface area is 122 Å². The number of alkyl halides is 2. The Morgan fingerprint density at radius 1 is 1.50 bits per heavy atom. The van der Waals surface area contributed by atoms with Gasteiger partial charge in [-0.2, -0.15) is 0 Å². The molecule has 1 atom stereocenters. The summed E-state index contributed by atoms with van der Waals surface area (Å²) in [5.41, 5.74) is 1.23. The summed E-state index contributed by atoms with van der Waals surface area (Å²) >= 11 is 1.72. The fraction of sp³-hybridized carbons (Fsp3) is 0.786. The monoisotopic (exact) mass is 304 g/mol. The summed E-state index contributed by atoms with van der Waals surface area (Å²) in [6.07, 6.45) is 1.76. The highest BCUT2D eigenvalue weighted by Gasteiger charge is 2.24. The molecule has 1 heterocycles. The Bertz CT molecular complexity index is 412. The molecule has 0 radical (unpaired) electrons. The van der Waals surface area contributed by atoms with Crippen LogP contribution in [0.1, 0.15) is 41.3 Å². The molecule has 20 heavy (non-hydrogen) atoms. The third-order valence-electron chi connectivity index (χ3n) is 3.46. The maximum Gasteiger partial charge on any atom is 0.261 e. The van der Waals surface area contributed by atoms with Crippen molar-refractivity contribution in [2.24, 2.45) is 0 Å². The van der Waals surface area contributed by atoms with Crippen LogP contribution >= 0.6 is 11.3 Å². The van der Waals surface area contributed by atoms with Gasteiger partial charge >= 0.3 is 0 Å². The molecule has 0 fully saturated rings. The molecule has 6 heteroatoms. The molecule has 0 bridgehead atoms. The van der Waals surface area contributed by atoms with Gasteiger partial charge in [-0.3, -0.25) is 0 Å². The van der Waals surface area contributed by atoms with Crippen LogP contribution < -0.4 is 5.32 Å². The van der Waals surface area contributed by atoms with Gasteiger partial charge in [-0.1, -0.05) is 6.92 Å². The largest absolute Gasteiger partial charge is 0.375 e. The SMILES string of the molecule is CCNCC1CCCc2sc(CCOCC(F)F)nc21. The van der Waals surface area contributed by atoms with Gasteiger partial charge < -0.3 is 10.1 Å². The Kier molecular flexibility index (Phi) is 6.32. The predicted octanol–water partition coefficient (Wildman–Crippen LogP) is 3.00. The smallest absolute Gasteiger partial charge is 0.261 e. The van der Waals surface area contributed by atoms with Gasteiger partial charge in [0, 0.05) is 23.8 Å². The summed E-state index contributed by atoms with van der Waals surface area (Å²) in [6, 6.07) is 0. The second kappa shape index (κ2) is 8.00. The van der Waals surface area contributed by atoms with Gasteiger partial charge in [-0.05, 0) is 25.8 Å². The van der Waals surface area contributed by atoms with Crippen molar-refractivity contribution in [3.05, 3.63) is 15.6 Å². The molecular weight excluding hydrogens is 282 g/mol. The van der Waals surface area contributed by atoms with E-state index < -0.39 is 13.0 Å². The number of hydrogen-bond donors (Lipinski definition) is 1. The van der Waals surface area contributed by atoms with Crippen molar-refractivity contribution in [2.45, 2.75) is 45.0 Å². The van der Waals surface area contributed by atoms with Crippen molar-refractivity contribution >= 4 is 11.3 Å². The first kappa shape index (κ1) is 15.8. The molecule has 2 rings (SSSR count). The average molecular weight is 304 g/mol. The summed E-state index contributed by atoms with van der Waals surface area (Å²) in [5, 5.41) is 4.41.